The van der Waals surface area contributed by atoms with E-state index in [1.54, 1.807) is 6.08 Å². The molecule has 0 aromatic rings. The molecule has 0 spiro atoms. The normalized spacial score (nSPS) is 14.4. The van der Waals surface area contributed by atoms with Crippen molar-refractivity contribution in [3.63, 3.8) is 0 Å². The smallest absolute Gasteiger partial charge is 0.268 e. The van der Waals surface area contributed by atoms with Gasteiger partial charge in [-0.05, 0) is 64.2 Å². The highest BCUT2D eigenvalue weighted by molar-refractivity contribution is 7.45. The molecule has 0 radical (unpaired) electrons. The molecule has 9 heteroatoms. The molecule has 0 rings (SSSR count). The number of allylic oxidation sites excluding steroid dienone is 7. The number of unbranched alkanes of at least 4 members (excludes halogenated alkanes) is 31. The van der Waals surface area contributed by atoms with Gasteiger partial charge >= 0.3 is 0 Å². The van der Waals surface area contributed by atoms with Crippen LogP contribution in [0.25, 0.3) is 0 Å². The lowest BCUT2D eigenvalue weighted by Crippen LogP contribution is -2.45. The Labute approximate surface area is 403 Å². The van der Waals surface area contributed by atoms with Gasteiger partial charge in [0.15, 0.2) is 0 Å². The maximum atomic E-state index is 12.9. The summed E-state index contributed by atoms with van der Waals surface area (Å²) in [5, 5.41) is 13.7. The number of phosphoric ester groups is 1. The Hall–Kier alpha value is -1.54. The lowest BCUT2D eigenvalue weighted by Gasteiger charge is -2.29. The van der Waals surface area contributed by atoms with Gasteiger partial charge in [-0.15, -0.1) is 0 Å². The van der Waals surface area contributed by atoms with Gasteiger partial charge in [-0.1, -0.05) is 229 Å². The van der Waals surface area contributed by atoms with Crippen LogP contribution in [0, 0.1) is 0 Å². The van der Waals surface area contributed by atoms with E-state index in [0.717, 1.165) is 44.9 Å². The molecule has 0 saturated carbocycles. The second kappa shape index (κ2) is 47.5. The first-order valence-corrected chi connectivity index (χ1v) is 29.0. The van der Waals surface area contributed by atoms with Gasteiger partial charge in [-0.25, -0.2) is 0 Å². The van der Waals surface area contributed by atoms with Crippen molar-refractivity contribution in [1.82, 2.24) is 5.32 Å². The molecule has 0 aliphatic heterocycles. The number of likely N-dealkylation sites (N-methyl/N-ethyl adjacent to an activating group) is 1. The number of rotatable bonds is 50. The number of carbonyl (C=O) groups excluding carboxylic acids is 1. The van der Waals surface area contributed by atoms with E-state index >= 15 is 0 Å². The number of amides is 1. The highest BCUT2D eigenvalue weighted by atomic mass is 31.2. The standard InChI is InChI=1S/C56H107N2O6P/c1-6-8-10-12-14-16-18-19-20-21-22-23-24-25-26-27-28-29-30-31-32-33-34-35-36-37-38-39-40-42-44-46-48-50-56(60)57-54(53-64-65(61,62)63-52-51-58(3,4)5)55(59)49-47-45-43-41-17-15-13-11-9-7-2/h17,22-23,25-26,41,47,49,54-55,59H,6-16,18-21,24,27-40,42-46,48,50-53H2,1-5H3,(H-,57,60,61,62)/b23-22-,26-25-,41-17+,49-47+. The van der Waals surface area contributed by atoms with Crippen molar-refractivity contribution in [2.24, 2.45) is 0 Å². The fourth-order valence-corrected chi connectivity index (χ4v) is 8.63. The Balaban J connectivity index is 3.97. The minimum absolute atomic E-state index is 0.00660. The van der Waals surface area contributed by atoms with Crippen molar-refractivity contribution in [3.8, 4) is 0 Å². The summed E-state index contributed by atoms with van der Waals surface area (Å²) in [6.45, 7) is 4.60. The number of nitrogens with zero attached hydrogens (tertiary/aromatic N) is 1. The van der Waals surface area contributed by atoms with Gasteiger partial charge in [0.1, 0.15) is 13.2 Å². The molecule has 0 fully saturated rings. The Morgan fingerprint density at radius 3 is 1.35 bits per heavy atom. The molecule has 8 nitrogen and oxygen atoms in total. The highest BCUT2D eigenvalue weighted by Gasteiger charge is 2.23. The van der Waals surface area contributed by atoms with Crippen LogP contribution in [0.15, 0.2) is 48.6 Å². The van der Waals surface area contributed by atoms with E-state index in [4.69, 9.17) is 9.05 Å². The van der Waals surface area contributed by atoms with Crippen LogP contribution < -0.4 is 10.2 Å². The van der Waals surface area contributed by atoms with Crippen molar-refractivity contribution >= 4 is 13.7 Å². The zero-order chi connectivity index (χ0) is 47.8. The zero-order valence-corrected chi connectivity index (χ0v) is 44.3. The fraction of sp³-hybridized carbons (Fsp3) is 0.839. The van der Waals surface area contributed by atoms with Crippen LogP contribution in [-0.2, 0) is 18.4 Å². The molecule has 0 aromatic heterocycles. The quantitative estimate of drug-likeness (QED) is 0.0272. The lowest BCUT2D eigenvalue weighted by molar-refractivity contribution is -0.870. The Morgan fingerprint density at radius 2 is 0.908 bits per heavy atom. The van der Waals surface area contributed by atoms with Gasteiger partial charge in [-0.3, -0.25) is 9.36 Å². The molecule has 65 heavy (non-hydrogen) atoms. The Morgan fingerprint density at radius 1 is 0.538 bits per heavy atom. The predicted octanol–water partition coefficient (Wildman–Crippen LogP) is 15.7. The van der Waals surface area contributed by atoms with Gasteiger partial charge in [0.25, 0.3) is 7.82 Å². The molecule has 0 bridgehead atoms. The maximum Gasteiger partial charge on any atom is 0.268 e. The van der Waals surface area contributed by atoms with Crippen molar-refractivity contribution in [2.45, 2.75) is 264 Å². The fourth-order valence-electron chi connectivity index (χ4n) is 7.91. The first-order chi connectivity index (χ1) is 31.5. The summed E-state index contributed by atoms with van der Waals surface area (Å²) in [5.41, 5.74) is 0. The van der Waals surface area contributed by atoms with Gasteiger partial charge in [0.05, 0.1) is 39.9 Å². The third-order valence-electron chi connectivity index (χ3n) is 12.3. The molecular weight excluding hydrogens is 828 g/mol. The van der Waals surface area contributed by atoms with E-state index in [9.17, 15) is 19.4 Å². The average molecular weight is 935 g/mol. The number of carbonyl (C=O) groups is 1. The summed E-state index contributed by atoms with van der Waals surface area (Å²) in [4.78, 5) is 25.3. The largest absolute Gasteiger partial charge is 0.756 e. The molecule has 0 aliphatic carbocycles. The van der Waals surface area contributed by atoms with Gasteiger partial charge in [0.2, 0.25) is 5.91 Å². The van der Waals surface area contributed by atoms with E-state index in [2.05, 4.69) is 55.6 Å². The molecule has 3 unspecified atom stereocenters. The third kappa shape index (κ3) is 50.2. The van der Waals surface area contributed by atoms with Crippen LogP contribution >= 0.6 is 7.82 Å². The summed E-state index contributed by atoms with van der Waals surface area (Å²) in [6.07, 6.45) is 62.1. The summed E-state index contributed by atoms with van der Waals surface area (Å²) < 4.78 is 23.2. The number of hydrogen-bond acceptors (Lipinski definition) is 6. The molecule has 0 aromatic carbocycles. The number of aliphatic hydroxyl groups excluding tert-OH is 1. The summed E-state index contributed by atoms with van der Waals surface area (Å²) in [7, 11) is 1.24. The first kappa shape index (κ1) is 63.5. The Kier molecular flexibility index (Phi) is 46.4. The molecular formula is C56H107N2O6P. The van der Waals surface area contributed by atoms with Crippen molar-refractivity contribution in [2.75, 3.05) is 40.9 Å². The molecule has 0 aliphatic rings. The Bertz CT molecular complexity index is 1200. The number of aliphatic hydroxyl groups is 1. The lowest BCUT2D eigenvalue weighted by atomic mass is 10.0. The van der Waals surface area contributed by atoms with Crippen molar-refractivity contribution in [1.29, 1.82) is 0 Å². The van der Waals surface area contributed by atoms with Gasteiger partial charge in [-0.2, -0.15) is 0 Å². The highest BCUT2D eigenvalue weighted by Crippen LogP contribution is 2.38. The monoisotopic (exact) mass is 935 g/mol. The summed E-state index contributed by atoms with van der Waals surface area (Å²) in [6, 6.07) is -0.901. The zero-order valence-electron chi connectivity index (χ0n) is 43.4. The molecule has 1 amide bonds. The first-order valence-electron chi connectivity index (χ1n) is 27.5. The summed E-state index contributed by atoms with van der Waals surface area (Å²) in [5.74, 6) is -0.208. The minimum atomic E-state index is -4.59. The molecule has 382 valence electrons. The van der Waals surface area contributed by atoms with E-state index in [0.29, 0.717) is 17.4 Å². The van der Waals surface area contributed by atoms with E-state index < -0.39 is 26.6 Å². The SMILES string of the molecule is CCCCCC/C=C/CC/C=C/C(O)C(COP(=O)([O-])OCC[N+](C)(C)C)NC(=O)CCCCCCCCCCCCCCCCCCC/C=C\C/C=C\CCCCCCCCCCC. The number of quaternary nitrogens is 1. The molecule has 0 heterocycles. The van der Waals surface area contributed by atoms with Gasteiger partial charge in [0, 0.05) is 6.42 Å². The van der Waals surface area contributed by atoms with Crippen LogP contribution in [0.5, 0.6) is 0 Å². The minimum Gasteiger partial charge on any atom is -0.756 e. The van der Waals surface area contributed by atoms with Crippen LogP contribution in [0.1, 0.15) is 251 Å². The number of hydrogen-bond donors (Lipinski definition) is 2. The maximum absolute atomic E-state index is 12.9. The molecule has 2 N–H and O–H groups in total. The van der Waals surface area contributed by atoms with Crippen molar-refractivity contribution in [3.05, 3.63) is 48.6 Å². The van der Waals surface area contributed by atoms with Crippen LogP contribution in [0.4, 0.5) is 0 Å². The molecule has 0 saturated heterocycles. The molecule has 3 atom stereocenters. The number of phosphoric acid groups is 1. The summed E-state index contributed by atoms with van der Waals surface area (Å²) >= 11 is 0. The van der Waals surface area contributed by atoms with E-state index in [1.165, 1.54) is 186 Å². The van der Waals surface area contributed by atoms with Crippen LogP contribution in [-0.4, -0.2) is 68.5 Å². The van der Waals surface area contributed by atoms with Crippen LogP contribution in [0.3, 0.4) is 0 Å². The van der Waals surface area contributed by atoms with E-state index in [1.807, 2.05) is 27.2 Å². The third-order valence-corrected chi connectivity index (χ3v) is 13.2. The predicted molar refractivity (Wildman–Crippen MR) is 279 cm³/mol. The van der Waals surface area contributed by atoms with Crippen molar-refractivity contribution < 1.29 is 32.9 Å². The average Bonchev–Trinajstić information content (AvgIpc) is 3.26. The topological polar surface area (TPSA) is 108 Å². The van der Waals surface area contributed by atoms with E-state index in [-0.39, 0.29) is 12.5 Å². The van der Waals surface area contributed by atoms with Gasteiger partial charge < -0.3 is 28.8 Å². The second-order valence-corrected chi connectivity index (χ2v) is 21.3. The number of nitrogens with one attached hydrogen (secondary N) is 1. The van der Waals surface area contributed by atoms with Crippen LogP contribution in [0.2, 0.25) is 0 Å². The second-order valence-electron chi connectivity index (χ2n) is 19.9.